The number of hydrogen-bond acceptors (Lipinski definition) is 16. The zero-order chi connectivity index (χ0) is 26.4. The Balaban J connectivity index is 1.34. The number of rotatable bonds is 9. The number of aliphatic hydroxyl groups is 5. The van der Waals surface area contributed by atoms with Crippen LogP contribution in [0.3, 0.4) is 0 Å². The lowest BCUT2D eigenvalue weighted by molar-refractivity contribution is -0.132. The minimum atomic E-state index is -5.31. The van der Waals surface area contributed by atoms with E-state index in [1.807, 2.05) is 0 Å². The molecule has 0 aromatic carbocycles. The summed E-state index contributed by atoms with van der Waals surface area (Å²) >= 11 is 0. The molecule has 2 saturated heterocycles. The van der Waals surface area contributed by atoms with Gasteiger partial charge < -0.3 is 50.5 Å². The smallest absolute Gasteiger partial charge is 0.387 e. The van der Waals surface area contributed by atoms with Crippen molar-refractivity contribution in [1.82, 2.24) is 19.5 Å². The van der Waals surface area contributed by atoms with E-state index < -0.39 is 78.0 Å². The molecular weight excluding hydrogens is 536 g/mol. The molecule has 4 heterocycles. The lowest BCUT2D eigenvalue weighted by atomic mass is 10.1. The van der Waals surface area contributed by atoms with Crippen molar-refractivity contribution in [3.05, 3.63) is 12.7 Å². The number of nitrogens with zero attached hydrogens (tertiary/aromatic N) is 4. The van der Waals surface area contributed by atoms with E-state index in [9.17, 15) is 44.4 Å². The maximum Gasteiger partial charge on any atom is 0.481 e. The molecule has 2 aliphatic rings. The SMILES string of the molecule is Nc1ncnc2c1ncn2C1OC(COP(=O)(O)OP(=O)(O)OC[C@H]2O[C@@H](O)C(O)C2O)C(O)C1O. The third-order valence-electron chi connectivity index (χ3n) is 5.35. The van der Waals surface area contributed by atoms with Gasteiger partial charge in [-0.25, -0.2) is 24.1 Å². The molecule has 2 aromatic heterocycles. The normalized spacial score (nSPS) is 36.2. The Labute approximate surface area is 200 Å². The van der Waals surface area contributed by atoms with E-state index in [1.54, 1.807) is 0 Å². The zero-order valence-corrected chi connectivity index (χ0v) is 19.7. The molecule has 0 bridgehead atoms. The number of nitrogen functional groups attached to an aromatic ring is 1. The summed E-state index contributed by atoms with van der Waals surface area (Å²) in [4.78, 5) is 31.3. The highest BCUT2D eigenvalue weighted by Gasteiger charge is 2.47. The largest absolute Gasteiger partial charge is 0.481 e. The van der Waals surface area contributed by atoms with Crippen molar-refractivity contribution in [3.8, 4) is 0 Å². The maximum absolute atomic E-state index is 12.2. The van der Waals surface area contributed by atoms with Crippen molar-refractivity contribution in [2.75, 3.05) is 18.9 Å². The summed E-state index contributed by atoms with van der Waals surface area (Å²) in [6.45, 7) is -1.79. The third-order valence-corrected chi connectivity index (χ3v) is 7.95. The molecule has 0 saturated carbocycles. The molecule has 0 aliphatic carbocycles. The Hall–Kier alpha value is -1.67. The number of aromatic nitrogens is 4. The van der Waals surface area contributed by atoms with Gasteiger partial charge in [0.05, 0.1) is 19.5 Å². The van der Waals surface area contributed by atoms with E-state index >= 15 is 0 Å². The second-order valence-corrected chi connectivity index (χ2v) is 10.8. The summed E-state index contributed by atoms with van der Waals surface area (Å²) in [6, 6.07) is 0. The van der Waals surface area contributed by atoms with Gasteiger partial charge in [-0.05, 0) is 0 Å². The van der Waals surface area contributed by atoms with Gasteiger partial charge in [0.25, 0.3) is 0 Å². The van der Waals surface area contributed by atoms with Crippen LogP contribution in [-0.2, 0) is 32.0 Å². The first kappa shape index (κ1) is 27.4. The summed E-state index contributed by atoms with van der Waals surface area (Å²) in [5.41, 5.74) is 6.09. The molecule has 9 N–H and O–H groups in total. The van der Waals surface area contributed by atoms with Crippen molar-refractivity contribution in [1.29, 1.82) is 0 Å². The molecule has 202 valence electrons. The number of imidazole rings is 1. The zero-order valence-electron chi connectivity index (χ0n) is 17.9. The quantitative estimate of drug-likeness (QED) is 0.140. The molecule has 0 amide bonds. The molecule has 10 atom stereocenters. The van der Waals surface area contributed by atoms with Crippen LogP contribution >= 0.6 is 15.6 Å². The molecule has 21 heteroatoms. The number of anilines is 1. The molecular formula is C15H23N5O14P2. The highest BCUT2D eigenvalue weighted by Crippen LogP contribution is 2.60. The average Bonchev–Trinajstić information content (AvgIpc) is 3.42. The lowest BCUT2D eigenvalue weighted by Gasteiger charge is -2.20. The molecule has 8 unspecified atom stereocenters. The van der Waals surface area contributed by atoms with Crippen molar-refractivity contribution in [2.24, 2.45) is 0 Å². The number of nitrogens with two attached hydrogens (primary N) is 1. The molecule has 19 nitrogen and oxygen atoms in total. The molecule has 36 heavy (non-hydrogen) atoms. The van der Waals surface area contributed by atoms with Crippen LogP contribution < -0.4 is 5.73 Å². The van der Waals surface area contributed by atoms with Crippen LogP contribution in [0.25, 0.3) is 11.2 Å². The summed E-state index contributed by atoms with van der Waals surface area (Å²) < 4.78 is 48.8. The van der Waals surface area contributed by atoms with Crippen LogP contribution in [0.2, 0.25) is 0 Å². The van der Waals surface area contributed by atoms with Crippen LogP contribution in [0.1, 0.15) is 6.23 Å². The van der Waals surface area contributed by atoms with Crippen LogP contribution in [0.5, 0.6) is 0 Å². The maximum atomic E-state index is 12.2. The van der Waals surface area contributed by atoms with Crippen LogP contribution in [-0.4, -0.2) is 111 Å². The van der Waals surface area contributed by atoms with Crippen LogP contribution in [0, 0.1) is 0 Å². The monoisotopic (exact) mass is 559 g/mol. The van der Waals surface area contributed by atoms with Gasteiger partial charge in [-0.1, -0.05) is 0 Å². The summed E-state index contributed by atoms with van der Waals surface area (Å²) in [5, 5.41) is 49.0. The standard InChI is InChI=1S/C15H23N5O14P2/c16-12-7-13(18-3-17-12)20(4-19-7)14-10(23)8(21)5(32-14)1-30-35(26,27)34-36(28,29)31-2-6-9(22)11(24)15(25)33-6/h3-6,8-11,14-15,21-25H,1-2H2,(H,26,27)(H,28,29)(H2,16,17,18)/t5?,6-,8?,9?,10?,11?,14?,15-/m1/s1. The Morgan fingerprint density at radius 1 is 0.889 bits per heavy atom. The van der Waals surface area contributed by atoms with Crippen molar-refractivity contribution in [2.45, 2.75) is 49.1 Å². The topological polar surface area (TPSA) is 292 Å². The van der Waals surface area contributed by atoms with Gasteiger partial charge in [-0.3, -0.25) is 13.6 Å². The third kappa shape index (κ3) is 5.59. The van der Waals surface area contributed by atoms with E-state index in [4.69, 9.17) is 15.2 Å². The minimum Gasteiger partial charge on any atom is -0.387 e. The number of phosphoric ester groups is 2. The van der Waals surface area contributed by atoms with Crippen molar-refractivity contribution >= 4 is 32.6 Å². The molecule has 2 fully saturated rings. The first-order valence-electron chi connectivity index (χ1n) is 10.1. The van der Waals surface area contributed by atoms with Crippen molar-refractivity contribution in [3.63, 3.8) is 0 Å². The molecule has 2 aliphatic heterocycles. The number of ether oxygens (including phenoxy) is 2. The highest BCUT2D eigenvalue weighted by atomic mass is 31.3. The van der Waals surface area contributed by atoms with Gasteiger partial charge in [-0.15, -0.1) is 0 Å². The summed E-state index contributed by atoms with van der Waals surface area (Å²) in [5.74, 6) is 0.0575. The first-order chi connectivity index (χ1) is 16.8. The van der Waals surface area contributed by atoms with Crippen LogP contribution in [0.4, 0.5) is 5.82 Å². The van der Waals surface area contributed by atoms with Gasteiger partial charge >= 0.3 is 15.6 Å². The van der Waals surface area contributed by atoms with E-state index in [0.717, 1.165) is 6.33 Å². The van der Waals surface area contributed by atoms with Gasteiger partial charge in [0.15, 0.2) is 24.0 Å². The second-order valence-electron chi connectivity index (χ2n) is 7.79. The fraction of sp³-hybridized carbons (Fsp3) is 0.667. The Kier molecular flexibility index (Phi) is 7.78. The number of fused-ring (bicyclic) bond motifs is 1. The van der Waals surface area contributed by atoms with Crippen molar-refractivity contribution < 1.29 is 67.3 Å². The lowest BCUT2D eigenvalue weighted by Crippen LogP contribution is -2.34. The number of phosphoric acid groups is 2. The summed E-state index contributed by atoms with van der Waals surface area (Å²) in [7, 11) is -10.6. The van der Waals surface area contributed by atoms with E-state index in [-0.39, 0.29) is 17.0 Å². The highest BCUT2D eigenvalue weighted by molar-refractivity contribution is 7.61. The molecule has 4 rings (SSSR count). The summed E-state index contributed by atoms with van der Waals surface area (Å²) in [6.07, 6.45) is -10.1. The van der Waals surface area contributed by atoms with Gasteiger partial charge in [-0.2, -0.15) is 4.31 Å². The molecule has 0 spiro atoms. The Morgan fingerprint density at radius 3 is 2.06 bits per heavy atom. The Morgan fingerprint density at radius 2 is 1.47 bits per heavy atom. The fourth-order valence-electron chi connectivity index (χ4n) is 3.53. The number of aliphatic hydroxyl groups excluding tert-OH is 5. The molecule has 0 radical (unpaired) electrons. The van der Waals surface area contributed by atoms with Crippen LogP contribution in [0.15, 0.2) is 12.7 Å². The number of hydrogen-bond donors (Lipinski definition) is 8. The predicted molar refractivity (Wildman–Crippen MR) is 111 cm³/mol. The van der Waals surface area contributed by atoms with E-state index in [2.05, 4.69) is 28.3 Å². The van der Waals surface area contributed by atoms with E-state index in [1.165, 1.54) is 10.9 Å². The van der Waals surface area contributed by atoms with Gasteiger partial charge in [0, 0.05) is 0 Å². The van der Waals surface area contributed by atoms with E-state index in [0.29, 0.717) is 0 Å². The Bertz CT molecular complexity index is 1180. The molecule has 2 aromatic rings. The van der Waals surface area contributed by atoms with Gasteiger partial charge in [0.2, 0.25) is 0 Å². The average molecular weight is 559 g/mol. The second kappa shape index (κ2) is 10.2. The fourth-order valence-corrected chi connectivity index (χ4v) is 5.62. The minimum absolute atomic E-state index is 0.0575. The van der Waals surface area contributed by atoms with Gasteiger partial charge in [0.1, 0.15) is 48.5 Å². The first-order valence-corrected chi connectivity index (χ1v) is 13.1. The predicted octanol–water partition coefficient (Wildman–Crippen LogP) is -3.28.